The summed E-state index contributed by atoms with van der Waals surface area (Å²) in [5.74, 6) is -1.91. The quantitative estimate of drug-likeness (QED) is 0.277. The van der Waals surface area contributed by atoms with Crippen LogP contribution >= 0.6 is 0 Å². The zero-order chi connectivity index (χ0) is 28.2. The van der Waals surface area contributed by atoms with E-state index in [-0.39, 0.29) is 23.6 Å². The van der Waals surface area contributed by atoms with Crippen molar-refractivity contribution in [2.75, 3.05) is 30.3 Å². The summed E-state index contributed by atoms with van der Waals surface area (Å²) in [4.78, 5) is 51.2. The third-order valence-electron chi connectivity index (χ3n) is 6.57. The van der Waals surface area contributed by atoms with Crippen LogP contribution in [-0.2, 0) is 10.2 Å². The van der Waals surface area contributed by atoms with Gasteiger partial charge in [-0.25, -0.2) is 14.4 Å². The van der Waals surface area contributed by atoms with E-state index in [2.05, 4.69) is 35.8 Å². The van der Waals surface area contributed by atoms with Gasteiger partial charge in [-0.1, -0.05) is 19.9 Å². The molecule has 0 atom stereocenters. The van der Waals surface area contributed by atoms with E-state index in [9.17, 15) is 18.8 Å². The Labute approximate surface area is 225 Å². The first-order valence-corrected chi connectivity index (χ1v) is 12.6. The van der Waals surface area contributed by atoms with Crippen LogP contribution in [0.2, 0.25) is 0 Å². The number of hydrogen-bond donors (Lipinski definition) is 3. The van der Waals surface area contributed by atoms with Gasteiger partial charge in [-0.2, -0.15) is 4.98 Å². The standard InChI is InChI=1S/C28H30FN7O3/c1-5-36(6-2)14-13-30-24(37)17-7-9-18(10-8-17)33-27-31-16-22(29)23(34-27)32-19-11-12-21-20(15-19)25(38)35-26(39)28(21,3)4/h7-13,15-16H,5-6,14H2,1-4H3,(H,35,38,39)(H2,31,32,33,34). The van der Waals surface area contributed by atoms with Crippen molar-refractivity contribution in [2.24, 2.45) is 4.99 Å². The van der Waals surface area contributed by atoms with Crippen molar-refractivity contribution in [1.82, 2.24) is 20.2 Å². The lowest BCUT2D eigenvalue weighted by molar-refractivity contribution is -0.125. The molecule has 0 radical (unpaired) electrons. The van der Waals surface area contributed by atoms with Gasteiger partial charge >= 0.3 is 0 Å². The molecule has 2 aromatic carbocycles. The fourth-order valence-electron chi connectivity index (χ4n) is 4.08. The van der Waals surface area contributed by atoms with E-state index in [4.69, 9.17) is 0 Å². The lowest BCUT2D eigenvalue weighted by Crippen LogP contribution is -2.48. The Kier molecular flexibility index (Phi) is 8.10. The van der Waals surface area contributed by atoms with Crippen LogP contribution in [0.15, 0.2) is 53.7 Å². The topological polar surface area (TPSA) is 129 Å². The van der Waals surface area contributed by atoms with E-state index < -0.39 is 17.1 Å². The van der Waals surface area contributed by atoms with Gasteiger partial charge in [0.05, 0.1) is 11.6 Å². The fourth-order valence-corrected chi connectivity index (χ4v) is 4.08. The second-order valence-electron chi connectivity index (χ2n) is 9.49. The van der Waals surface area contributed by atoms with E-state index >= 15 is 0 Å². The molecule has 1 aliphatic heterocycles. The number of carbonyl (C=O) groups is 3. The minimum absolute atomic E-state index is 0.103. The lowest BCUT2D eigenvalue weighted by Gasteiger charge is -2.30. The van der Waals surface area contributed by atoms with Crippen molar-refractivity contribution in [3.8, 4) is 0 Å². The summed E-state index contributed by atoms with van der Waals surface area (Å²) in [6.45, 7) is 9.92. The molecule has 0 aliphatic carbocycles. The number of fused-ring (bicyclic) bond motifs is 1. The highest BCUT2D eigenvalue weighted by molar-refractivity contribution is 6.13. The van der Waals surface area contributed by atoms with Crippen LogP contribution in [0.4, 0.5) is 27.5 Å². The molecule has 0 saturated heterocycles. The summed E-state index contributed by atoms with van der Waals surface area (Å²) < 4.78 is 14.5. The molecule has 3 aromatic rings. The Bertz CT molecular complexity index is 1430. The number of nitrogens with zero attached hydrogens (tertiary/aromatic N) is 4. The summed E-state index contributed by atoms with van der Waals surface area (Å²) in [5, 5.41) is 8.20. The third kappa shape index (κ3) is 6.15. The van der Waals surface area contributed by atoms with Crippen molar-refractivity contribution in [3.63, 3.8) is 0 Å². The Balaban J connectivity index is 1.45. The molecule has 0 saturated carbocycles. The number of halogens is 1. The smallest absolute Gasteiger partial charge is 0.276 e. The maximum absolute atomic E-state index is 14.5. The Morgan fingerprint density at radius 1 is 1.08 bits per heavy atom. The second kappa shape index (κ2) is 11.5. The summed E-state index contributed by atoms with van der Waals surface area (Å²) in [6.07, 6.45) is 2.63. The van der Waals surface area contributed by atoms with Crippen LogP contribution in [0.25, 0.3) is 0 Å². The molecule has 4 rings (SSSR count). The van der Waals surface area contributed by atoms with Crippen molar-refractivity contribution in [3.05, 3.63) is 71.2 Å². The van der Waals surface area contributed by atoms with Crippen LogP contribution in [-0.4, -0.2) is 58.4 Å². The average Bonchev–Trinajstić information content (AvgIpc) is 2.92. The number of hydrogen-bond acceptors (Lipinski definition) is 8. The molecule has 3 amide bonds. The maximum atomic E-state index is 14.5. The number of anilines is 4. The summed E-state index contributed by atoms with van der Waals surface area (Å²) in [5.41, 5.74) is 1.47. The van der Waals surface area contributed by atoms with Crippen molar-refractivity contribution in [1.29, 1.82) is 0 Å². The molecular formula is C28H30FN7O3. The first-order valence-electron chi connectivity index (χ1n) is 12.6. The number of aromatic nitrogens is 2. The highest BCUT2D eigenvalue weighted by Crippen LogP contribution is 2.33. The number of amides is 3. The first kappa shape index (κ1) is 27.5. The summed E-state index contributed by atoms with van der Waals surface area (Å²) in [6, 6.07) is 11.5. The van der Waals surface area contributed by atoms with Crippen LogP contribution < -0.4 is 16.0 Å². The highest BCUT2D eigenvalue weighted by Gasteiger charge is 2.39. The predicted octanol–water partition coefficient (Wildman–Crippen LogP) is 4.20. The number of nitrogens with one attached hydrogen (secondary N) is 3. The van der Waals surface area contributed by atoms with Crippen molar-refractivity contribution in [2.45, 2.75) is 33.1 Å². The number of benzene rings is 2. The zero-order valence-electron chi connectivity index (χ0n) is 22.2. The molecule has 202 valence electrons. The van der Waals surface area contributed by atoms with Crippen molar-refractivity contribution < 1.29 is 18.8 Å². The van der Waals surface area contributed by atoms with E-state index in [1.807, 2.05) is 13.8 Å². The Hall–Kier alpha value is -4.51. The van der Waals surface area contributed by atoms with Crippen LogP contribution in [0, 0.1) is 5.82 Å². The predicted molar refractivity (Wildman–Crippen MR) is 148 cm³/mol. The molecule has 0 unspecified atom stereocenters. The summed E-state index contributed by atoms with van der Waals surface area (Å²) in [7, 11) is 0. The maximum Gasteiger partial charge on any atom is 0.276 e. The van der Waals surface area contributed by atoms with Gasteiger partial charge in [-0.05, 0) is 68.9 Å². The van der Waals surface area contributed by atoms with Gasteiger partial charge in [0.25, 0.3) is 11.8 Å². The third-order valence-corrected chi connectivity index (χ3v) is 6.57. The number of aliphatic imine (C=N–C) groups is 1. The monoisotopic (exact) mass is 531 g/mol. The largest absolute Gasteiger partial charge is 0.338 e. The molecule has 10 nitrogen and oxygen atoms in total. The van der Waals surface area contributed by atoms with E-state index in [0.717, 1.165) is 19.3 Å². The zero-order valence-corrected chi connectivity index (χ0v) is 22.2. The molecule has 1 aromatic heterocycles. The van der Waals surface area contributed by atoms with E-state index in [1.165, 1.54) is 0 Å². The molecule has 11 heteroatoms. The molecule has 3 N–H and O–H groups in total. The molecule has 2 heterocycles. The van der Waals surface area contributed by atoms with Gasteiger partial charge in [-0.15, -0.1) is 0 Å². The Morgan fingerprint density at radius 2 is 1.77 bits per heavy atom. The minimum Gasteiger partial charge on any atom is -0.338 e. The van der Waals surface area contributed by atoms with Gasteiger partial charge in [-0.3, -0.25) is 24.6 Å². The summed E-state index contributed by atoms with van der Waals surface area (Å²) >= 11 is 0. The number of carbonyl (C=O) groups excluding carboxylic acids is 3. The van der Waals surface area contributed by atoms with Crippen LogP contribution in [0.5, 0.6) is 0 Å². The van der Waals surface area contributed by atoms with Gasteiger partial charge in [0.15, 0.2) is 11.6 Å². The normalized spacial score (nSPS) is 14.3. The molecular weight excluding hydrogens is 501 g/mol. The molecule has 0 fully saturated rings. The second-order valence-corrected chi connectivity index (χ2v) is 9.49. The van der Waals surface area contributed by atoms with Gasteiger partial charge in [0.2, 0.25) is 11.9 Å². The van der Waals surface area contributed by atoms with Gasteiger partial charge < -0.3 is 10.6 Å². The number of imide groups is 1. The highest BCUT2D eigenvalue weighted by atomic mass is 19.1. The van der Waals surface area contributed by atoms with Gasteiger partial charge in [0.1, 0.15) is 0 Å². The SMILES string of the molecule is CCN(CC)CC=NC(=O)c1ccc(Nc2ncc(F)c(Nc3ccc4c(c3)C(=O)NC(=O)C4(C)C)n2)cc1. The first-order chi connectivity index (χ1) is 18.6. The van der Waals surface area contributed by atoms with E-state index in [0.29, 0.717) is 34.6 Å². The average molecular weight is 532 g/mol. The molecule has 0 spiro atoms. The molecule has 0 bridgehead atoms. The lowest BCUT2D eigenvalue weighted by atomic mass is 9.78. The van der Waals surface area contributed by atoms with E-state index in [1.54, 1.807) is 62.5 Å². The Morgan fingerprint density at radius 3 is 2.46 bits per heavy atom. The molecule has 1 aliphatic rings. The number of rotatable bonds is 9. The minimum atomic E-state index is -0.878. The van der Waals surface area contributed by atoms with Crippen LogP contribution in [0.3, 0.4) is 0 Å². The van der Waals surface area contributed by atoms with Gasteiger partial charge in [0, 0.05) is 35.3 Å². The van der Waals surface area contributed by atoms with Crippen LogP contribution in [0.1, 0.15) is 54.0 Å². The molecule has 39 heavy (non-hydrogen) atoms. The van der Waals surface area contributed by atoms with Crippen molar-refractivity contribution >= 4 is 47.1 Å². The fraction of sp³-hybridized carbons (Fsp3) is 0.286.